The summed E-state index contributed by atoms with van der Waals surface area (Å²) in [7, 11) is 0. The van der Waals surface area contributed by atoms with Crippen molar-refractivity contribution in [2.45, 2.75) is 57.5 Å². The molecule has 2 N–H and O–H groups in total. The molecule has 1 saturated carbocycles. The van der Waals surface area contributed by atoms with Gasteiger partial charge >= 0.3 is 0 Å². The van der Waals surface area contributed by atoms with E-state index < -0.39 is 0 Å². The van der Waals surface area contributed by atoms with Gasteiger partial charge in [0.15, 0.2) is 0 Å². The van der Waals surface area contributed by atoms with Gasteiger partial charge in [-0.1, -0.05) is 19.8 Å². The lowest BCUT2D eigenvalue weighted by atomic mass is 9.84. The van der Waals surface area contributed by atoms with Crippen LogP contribution in [0.1, 0.15) is 43.9 Å². The number of carbonyl (C=O) groups excluding carboxylic acids is 1. The number of nitrogens with two attached hydrogens (primary N) is 1. The largest absolute Gasteiger partial charge is 0.368 e. The first-order chi connectivity index (χ1) is 11.2. The first kappa shape index (κ1) is 14.9. The summed E-state index contributed by atoms with van der Waals surface area (Å²) in [6.45, 7) is 2.15. The minimum atomic E-state index is -0.230. The van der Waals surface area contributed by atoms with Crippen molar-refractivity contribution in [1.29, 1.82) is 0 Å². The van der Waals surface area contributed by atoms with Crippen LogP contribution in [-0.4, -0.2) is 28.0 Å². The first-order valence-corrected chi connectivity index (χ1v) is 9.31. The van der Waals surface area contributed by atoms with Crippen LogP contribution >= 0.6 is 11.3 Å². The van der Waals surface area contributed by atoms with E-state index in [0.717, 1.165) is 35.3 Å². The molecule has 1 aliphatic carbocycles. The van der Waals surface area contributed by atoms with Gasteiger partial charge in [0.05, 0.1) is 5.39 Å². The Kier molecular flexibility index (Phi) is 3.71. The standard InChI is InChI=1S/C17H22N4OS/c1-2-11-8-12-16(19-9-20-17(12)23-11)21-13-6-4-3-5-10(13)7-14(21)15(18)22/h8-10,13-14H,2-7H2,1H3,(H2,18,22)/t10-,13-,14+/m1/s1. The molecule has 1 aliphatic heterocycles. The van der Waals surface area contributed by atoms with Crippen LogP contribution in [0.5, 0.6) is 0 Å². The molecule has 0 bridgehead atoms. The maximum absolute atomic E-state index is 12.1. The average Bonchev–Trinajstić information content (AvgIpc) is 3.15. The van der Waals surface area contributed by atoms with E-state index in [1.807, 2.05) is 0 Å². The molecule has 0 unspecified atom stereocenters. The third kappa shape index (κ3) is 2.40. The number of anilines is 1. The molecular formula is C17H22N4OS. The molecule has 0 aromatic carbocycles. The molecule has 5 nitrogen and oxygen atoms in total. The number of aromatic nitrogens is 2. The summed E-state index contributed by atoms with van der Waals surface area (Å²) in [4.78, 5) is 25.6. The highest BCUT2D eigenvalue weighted by Crippen LogP contribution is 2.44. The second kappa shape index (κ2) is 5.74. The highest BCUT2D eigenvalue weighted by molar-refractivity contribution is 7.18. The van der Waals surface area contributed by atoms with E-state index >= 15 is 0 Å². The maximum atomic E-state index is 12.1. The van der Waals surface area contributed by atoms with Gasteiger partial charge in [-0.2, -0.15) is 0 Å². The van der Waals surface area contributed by atoms with Crippen molar-refractivity contribution in [3.8, 4) is 0 Å². The Balaban J connectivity index is 1.83. The number of hydrogen-bond acceptors (Lipinski definition) is 5. The molecule has 4 rings (SSSR count). The van der Waals surface area contributed by atoms with Crippen LogP contribution in [0, 0.1) is 5.92 Å². The monoisotopic (exact) mass is 330 g/mol. The molecule has 1 saturated heterocycles. The minimum Gasteiger partial charge on any atom is -0.368 e. The van der Waals surface area contributed by atoms with Gasteiger partial charge in [-0.15, -0.1) is 11.3 Å². The molecule has 2 aromatic rings. The fourth-order valence-corrected chi connectivity index (χ4v) is 5.22. The molecular weight excluding hydrogens is 308 g/mol. The molecule has 2 aliphatic rings. The fraction of sp³-hybridized carbons (Fsp3) is 0.588. The molecule has 6 heteroatoms. The van der Waals surface area contributed by atoms with Crippen LogP contribution in [0.3, 0.4) is 0 Å². The van der Waals surface area contributed by atoms with E-state index in [4.69, 9.17) is 5.73 Å². The van der Waals surface area contributed by atoms with Crippen molar-refractivity contribution >= 4 is 33.3 Å². The van der Waals surface area contributed by atoms with Crippen LogP contribution in [0.15, 0.2) is 12.4 Å². The molecule has 2 fully saturated rings. The number of carbonyl (C=O) groups is 1. The normalized spacial score (nSPS) is 27.3. The summed E-state index contributed by atoms with van der Waals surface area (Å²) in [5, 5.41) is 1.08. The van der Waals surface area contributed by atoms with Gasteiger partial charge < -0.3 is 10.6 Å². The molecule has 3 atom stereocenters. The van der Waals surface area contributed by atoms with E-state index in [2.05, 4.69) is 27.9 Å². The number of thiophene rings is 1. The molecule has 2 aromatic heterocycles. The van der Waals surface area contributed by atoms with Crippen LogP contribution in [0.4, 0.5) is 5.82 Å². The van der Waals surface area contributed by atoms with Gasteiger partial charge in [-0.3, -0.25) is 4.79 Å². The summed E-state index contributed by atoms with van der Waals surface area (Å²) in [6.07, 6.45) is 8.30. The maximum Gasteiger partial charge on any atom is 0.240 e. The minimum absolute atomic E-state index is 0.225. The van der Waals surface area contributed by atoms with E-state index in [-0.39, 0.29) is 11.9 Å². The fourth-order valence-electron chi connectivity index (χ4n) is 4.29. The van der Waals surface area contributed by atoms with Crippen molar-refractivity contribution in [1.82, 2.24) is 9.97 Å². The second-order valence-corrected chi connectivity index (χ2v) is 7.77. The summed E-state index contributed by atoms with van der Waals surface area (Å²) >= 11 is 1.72. The predicted octanol–water partition coefficient (Wildman–Crippen LogP) is 2.88. The number of aryl methyl sites for hydroxylation is 1. The average molecular weight is 330 g/mol. The summed E-state index contributed by atoms with van der Waals surface area (Å²) in [6, 6.07) is 2.35. The van der Waals surface area contributed by atoms with Crippen LogP contribution in [0.25, 0.3) is 10.2 Å². The molecule has 1 amide bonds. The molecule has 3 heterocycles. The van der Waals surface area contributed by atoms with Crippen LogP contribution in [0.2, 0.25) is 0 Å². The summed E-state index contributed by atoms with van der Waals surface area (Å²) in [5.74, 6) is 1.25. The number of rotatable bonds is 3. The van der Waals surface area contributed by atoms with Crippen molar-refractivity contribution < 1.29 is 4.79 Å². The number of primary amides is 1. The zero-order chi connectivity index (χ0) is 16.0. The summed E-state index contributed by atoms with van der Waals surface area (Å²) < 4.78 is 0. The topological polar surface area (TPSA) is 72.1 Å². The zero-order valence-electron chi connectivity index (χ0n) is 13.4. The zero-order valence-corrected chi connectivity index (χ0v) is 14.2. The Hall–Kier alpha value is -1.69. The third-order valence-electron chi connectivity index (χ3n) is 5.37. The quantitative estimate of drug-likeness (QED) is 0.939. The van der Waals surface area contributed by atoms with Gasteiger partial charge in [0, 0.05) is 10.9 Å². The lowest BCUT2D eigenvalue weighted by Crippen LogP contribution is -2.45. The lowest BCUT2D eigenvalue weighted by molar-refractivity contribution is -0.119. The Morgan fingerprint density at radius 3 is 3.00 bits per heavy atom. The highest BCUT2D eigenvalue weighted by atomic mass is 32.1. The van der Waals surface area contributed by atoms with Crippen molar-refractivity contribution in [3.05, 3.63) is 17.3 Å². The van der Waals surface area contributed by atoms with Gasteiger partial charge in [-0.05, 0) is 37.7 Å². The number of hydrogen-bond donors (Lipinski definition) is 1. The Labute approximate surface area is 139 Å². The SMILES string of the molecule is CCc1cc2c(N3[C@@H]4CCCC[C@@H]4C[C@H]3C(N)=O)ncnc2s1. The van der Waals surface area contributed by atoms with Gasteiger partial charge in [0.2, 0.25) is 5.91 Å². The Morgan fingerprint density at radius 1 is 1.39 bits per heavy atom. The first-order valence-electron chi connectivity index (χ1n) is 8.50. The van der Waals surface area contributed by atoms with E-state index in [0.29, 0.717) is 12.0 Å². The Morgan fingerprint density at radius 2 is 2.22 bits per heavy atom. The number of fused-ring (bicyclic) bond motifs is 2. The van der Waals surface area contributed by atoms with Crippen molar-refractivity contribution in [2.24, 2.45) is 11.7 Å². The summed E-state index contributed by atoms with van der Waals surface area (Å²) in [5.41, 5.74) is 5.73. The predicted molar refractivity (Wildman–Crippen MR) is 92.6 cm³/mol. The molecule has 23 heavy (non-hydrogen) atoms. The third-order valence-corrected chi connectivity index (χ3v) is 6.56. The van der Waals surface area contributed by atoms with E-state index in [9.17, 15) is 4.79 Å². The molecule has 0 spiro atoms. The second-order valence-electron chi connectivity index (χ2n) is 6.66. The van der Waals surface area contributed by atoms with Crippen LogP contribution in [-0.2, 0) is 11.2 Å². The van der Waals surface area contributed by atoms with Crippen molar-refractivity contribution in [3.63, 3.8) is 0 Å². The lowest BCUT2D eigenvalue weighted by Gasteiger charge is -2.34. The van der Waals surface area contributed by atoms with Gasteiger partial charge in [-0.25, -0.2) is 9.97 Å². The number of nitrogens with zero attached hydrogens (tertiary/aromatic N) is 3. The number of amides is 1. The molecule has 122 valence electrons. The van der Waals surface area contributed by atoms with E-state index in [1.165, 1.54) is 24.1 Å². The van der Waals surface area contributed by atoms with Gasteiger partial charge in [0.25, 0.3) is 0 Å². The van der Waals surface area contributed by atoms with Gasteiger partial charge in [0.1, 0.15) is 23.0 Å². The van der Waals surface area contributed by atoms with Crippen molar-refractivity contribution in [2.75, 3.05) is 4.90 Å². The van der Waals surface area contributed by atoms with E-state index in [1.54, 1.807) is 17.7 Å². The highest BCUT2D eigenvalue weighted by Gasteiger charge is 2.45. The van der Waals surface area contributed by atoms with Crippen LogP contribution < -0.4 is 10.6 Å². The molecule has 0 radical (unpaired) electrons. The Bertz CT molecular complexity index is 743. The smallest absolute Gasteiger partial charge is 0.240 e.